The van der Waals surface area contributed by atoms with Gasteiger partial charge >= 0.3 is 0 Å². The molecule has 0 atom stereocenters. The number of anilines is 1. The molecule has 0 aliphatic carbocycles. The minimum absolute atomic E-state index is 0.0716. The van der Waals surface area contributed by atoms with E-state index in [1.807, 2.05) is 13.8 Å². The van der Waals surface area contributed by atoms with E-state index >= 15 is 0 Å². The van der Waals surface area contributed by atoms with Crippen LogP contribution in [-0.2, 0) is 0 Å². The maximum atomic E-state index is 12.4. The van der Waals surface area contributed by atoms with Crippen molar-refractivity contribution in [2.75, 3.05) is 12.4 Å². The summed E-state index contributed by atoms with van der Waals surface area (Å²) in [6, 6.07) is 12.0. The van der Waals surface area contributed by atoms with E-state index in [9.17, 15) is 9.59 Å². The fourth-order valence-corrected chi connectivity index (χ4v) is 2.48. The van der Waals surface area contributed by atoms with Crippen LogP contribution in [-0.4, -0.2) is 25.0 Å². The zero-order chi connectivity index (χ0) is 17.7. The SMILES string of the molecule is COc1ccc(Br)c(C(=O)Nc2ccc(C(=O)NC(C)C)cc2)c1. The summed E-state index contributed by atoms with van der Waals surface area (Å²) in [4.78, 5) is 24.3. The molecule has 0 saturated heterocycles. The maximum Gasteiger partial charge on any atom is 0.256 e. The lowest BCUT2D eigenvalue weighted by Gasteiger charge is -2.10. The standard InChI is InChI=1S/C18H19BrN2O3/c1-11(2)20-17(22)12-4-6-13(7-5-12)21-18(23)15-10-14(24-3)8-9-16(15)19/h4-11H,1-3H3,(H,20,22)(H,21,23). The molecule has 0 unspecified atom stereocenters. The third kappa shape index (κ3) is 4.58. The van der Waals surface area contributed by atoms with Crippen molar-refractivity contribution >= 4 is 33.4 Å². The van der Waals surface area contributed by atoms with E-state index in [0.717, 1.165) is 0 Å². The molecule has 24 heavy (non-hydrogen) atoms. The number of halogens is 1. The molecule has 2 aromatic rings. The fraction of sp³-hybridized carbons (Fsp3) is 0.222. The molecular weight excluding hydrogens is 372 g/mol. The van der Waals surface area contributed by atoms with Crippen molar-refractivity contribution in [1.29, 1.82) is 0 Å². The summed E-state index contributed by atoms with van der Waals surface area (Å²) >= 11 is 3.36. The van der Waals surface area contributed by atoms with Crippen molar-refractivity contribution in [3.8, 4) is 5.75 Å². The van der Waals surface area contributed by atoms with Gasteiger partial charge in [0.25, 0.3) is 11.8 Å². The van der Waals surface area contributed by atoms with Crippen LogP contribution in [0.5, 0.6) is 5.75 Å². The fourth-order valence-electron chi connectivity index (χ4n) is 2.05. The number of benzene rings is 2. The van der Waals surface area contributed by atoms with Crippen molar-refractivity contribution in [3.63, 3.8) is 0 Å². The second-order valence-electron chi connectivity index (χ2n) is 5.51. The van der Waals surface area contributed by atoms with Gasteiger partial charge in [0, 0.05) is 21.8 Å². The predicted octanol–water partition coefficient (Wildman–Crippen LogP) is 3.85. The highest BCUT2D eigenvalue weighted by molar-refractivity contribution is 9.10. The molecule has 0 aromatic heterocycles. The Bertz CT molecular complexity index is 742. The average Bonchev–Trinajstić information content (AvgIpc) is 2.55. The first kappa shape index (κ1) is 18.0. The molecule has 2 aromatic carbocycles. The Balaban J connectivity index is 2.11. The number of nitrogens with one attached hydrogen (secondary N) is 2. The minimum Gasteiger partial charge on any atom is -0.497 e. The van der Waals surface area contributed by atoms with Crippen LogP contribution in [0.25, 0.3) is 0 Å². The third-order valence-electron chi connectivity index (χ3n) is 3.24. The van der Waals surface area contributed by atoms with Gasteiger partial charge in [0.15, 0.2) is 0 Å². The van der Waals surface area contributed by atoms with Crippen LogP contribution < -0.4 is 15.4 Å². The zero-order valence-corrected chi connectivity index (χ0v) is 15.3. The smallest absolute Gasteiger partial charge is 0.256 e. The van der Waals surface area contributed by atoms with Gasteiger partial charge in [-0.05, 0) is 72.2 Å². The topological polar surface area (TPSA) is 67.4 Å². The van der Waals surface area contributed by atoms with E-state index in [0.29, 0.717) is 27.0 Å². The van der Waals surface area contributed by atoms with Crippen molar-refractivity contribution in [2.24, 2.45) is 0 Å². The number of methoxy groups -OCH3 is 1. The predicted molar refractivity (Wildman–Crippen MR) is 97.7 cm³/mol. The summed E-state index contributed by atoms with van der Waals surface area (Å²) in [5.74, 6) is 0.197. The van der Waals surface area contributed by atoms with Crippen LogP contribution in [0.3, 0.4) is 0 Å². The van der Waals surface area contributed by atoms with E-state index in [-0.39, 0.29) is 17.9 Å². The van der Waals surface area contributed by atoms with Crippen LogP contribution in [0, 0.1) is 0 Å². The van der Waals surface area contributed by atoms with E-state index in [2.05, 4.69) is 26.6 Å². The second kappa shape index (κ2) is 7.97. The molecule has 0 aliphatic heterocycles. The normalized spacial score (nSPS) is 10.4. The molecule has 0 bridgehead atoms. The maximum absolute atomic E-state index is 12.4. The molecule has 0 aliphatic rings. The molecule has 0 fully saturated rings. The van der Waals surface area contributed by atoms with Crippen molar-refractivity contribution < 1.29 is 14.3 Å². The molecule has 2 N–H and O–H groups in total. The highest BCUT2D eigenvalue weighted by atomic mass is 79.9. The van der Waals surface area contributed by atoms with Crippen LogP contribution in [0.15, 0.2) is 46.9 Å². The van der Waals surface area contributed by atoms with Crippen LogP contribution in [0.1, 0.15) is 34.6 Å². The number of ether oxygens (including phenoxy) is 1. The molecule has 5 nitrogen and oxygen atoms in total. The average molecular weight is 391 g/mol. The van der Waals surface area contributed by atoms with E-state index < -0.39 is 0 Å². The van der Waals surface area contributed by atoms with Gasteiger partial charge in [0.05, 0.1) is 12.7 Å². The van der Waals surface area contributed by atoms with Crippen molar-refractivity contribution in [1.82, 2.24) is 5.32 Å². The van der Waals surface area contributed by atoms with Gasteiger partial charge in [-0.1, -0.05) is 0 Å². The van der Waals surface area contributed by atoms with Gasteiger partial charge in [-0.15, -0.1) is 0 Å². The summed E-state index contributed by atoms with van der Waals surface area (Å²) in [6.45, 7) is 3.80. The monoisotopic (exact) mass is 390 g/mol. The molecule has 0 saturated carbocycles. The number of rotatable bonds is 5. The zero-order valence-electron chi connectivity index (χ0n) is 13.7. The molecule has 126 valence electrons. The summed E-state index contributed by atoms with van der Waals surface area (Å²) in [5, 5.41) is 5.62. The quantitative estimate of drug-likeness (QED) is 0.814. The molecule has 0 heterocycles. The van der Waals surface area contributed by atoms with Crippen LogP contribution in [0.2, 0.25) is 0 Å². The first-order chi connectivity index (χ1) is 11.4. The van der Waals surface area contributed by atoms with Crippen LogP contribution >= 0.6 is 15.9 Å². The Morgan fingerprint density at radius 1 is 1.04 bits per heavy atom. The summed E-state index contributed by atoms with van der Waals surface area (Å²) in [6.07, 6.45) is 0. The minimum atomic E-state index is -0.264. The molecule has 6 heteroatoms. The summed E-state index contributed by atoms with van der Waals surface area (Å²) < 4.78 is 5.81. The second-order valence-corrected chi connectivity index (χ2v) is 6.36. The van der Waals surface area contributed by atoms with Gasteiger partial charge in [0.2, 0.25) is 0 Å². The number of amides is 2. The Morgan fingerprint density at radius 2 is 1.71 bits per heavy atom. The van der Waals surface area contributed by atoms with E-state index in [1.54, 1.807) is 49.6 Å². The van der Waals surface area contributed by atoms with Gasteiger partial charge in [-0.25, -0.2) is 0 Å². The van der Waals surface area contributed by atoms with Crippen molar-refractivity contribution in [3.05, 3.63) is 58.1 Å². The lowest BCUT2D eigenvalue weighted by molar-refractivity contribution is 0.0942. The third-order valence-corrected chi connectivity index (χ3v) is 3.93. The number of carbonyl (C=O) groups excluding carboxylic acids is 2. The lowest BCUT2D eigenvalue weighted by atomic mass is 10.1. The molecule has 0 radical (unpaired) electrons. The Hall–Kier alpha value is -2.34. The summed E-state index contributed by atoms with van der Waals surface area (Å²) in [5.41, 5.74) is 1.62. The molecule has 0 spiro atoms. The van der Waals surface area contributed by atoms with E-state index in [1.165, 1.54) is 0 Å². The van der Waals surface area contributed by atoms with Gasteiger partial charge in [-0.2, -0.15) is 0 Å². The number of hydrogen-bond acceptors (Lipinski definition) is 3. The molecule has 2 rings (SSSR count). The highest BCUT2D eigenvalue weighted by Gasteiger charge is 2.12. The first-order valence-electron chi connectivity index (χ1n) is 7.46. The molecular formula is C18H19BrN2O3. The van der Waals surface area contributed by atoms with Gasteiger partial charge < -0.3 is 15.4 Å². The van der Waals surface area contributed by atoms with Gasteiger partial charge in [0.1, 0.15) is 5.75 Å². The van der Waals surface area contributed by atoms with Crippen LogP contribution in [0.4, 0.5) is 5.69 Å². The summed E-state index contributed by atoms with van der Waals surface area (Å²) in [7, 11) is 1.55. The van der Waals surface area contributed by atoms with E-state index in [4.69, 9.17) is 4.74 Å². The highest BCUT2D eigenvalue weighted by Crippen LogP contribution is 2.23. The number of hydrogen-bond donors (Lipinski definition) is 2. The van der Waals surface area contributed by atoms with Gasteiger partial charge in [-0.3, -0.25) is 9.59 Å². The molecule has 2 amide bonds. The van der Waals surface area contributed by atoms with Crippen molar-refractivity contribution in [2.45, 2.75) is 19.9 Å². The lowest BCUT2D eigenvalue weighted by Crippen LogP contribution is -2.30. The number of carbonyl (C=O) groups is 2. The largest absolute Gasteiger partial charge is 0.497 e. The Labute approximate surface area is 149 Å². The first-order valence-corrected chi connectivity index (χ1v) is 8.26. The Morgan fingerprint density at radius 3 is 2.29 bits per heavy atom. The Kier molecular flexibility index (Phi) is 5.98.